The third kappa shape index (κ3) is 4.72. The summed E-state index contributed by atoms with van der Waals surface area (Å²) in [7, 11) is -3.70. The Hall–Kier alpha value is -1.93. The summed E-state index contributed by atoms with van der Waals surface area (Å²) in [6.45, 7) is 3.89. The van der Waals surface area contributed by atoms with E-state index in [2.05, 4.69) is 27.6 Å². The first-order chi connectivity index (χ1) is 13.3. The van der Waals surface area contributed by atoms with Crippen molar-refractivity contribution in [2.24, 2.45) is 0 Å². The molecule has 0 saturated carbocycles. The second kappa shape index (κ2) is 8.61. The van der Waals surface area contributed by atoms with Gasteiger partial charge in [-0.25, -0.2) is 13.1 Å². The Morgan fingerprint density at radius 2 is 1.93 bits per heavy atom. The van der Waals surface area contributed by atoms with Crippen molar-refractivity contribution in [1.29, 1.82) is 0 Å². The van der Waals surface area contributed by atoms with Crippen LogP contribution in [0.2, 0.25) is 5.02 Å². The van der Waals surface area contributed by atoms with Crippen molar-refractivity contribution in [2.45, 2.75) is 31.2 Å². The summed E-state index contributed by atoms with van der Waals surface area (Å²) in [6.07, 6.45) is 0.681. The number of hydrogen-bond acceptors (Lipinski definition) is 4. The molecule has 5 nitrogen and oxygen atoms in total. The fourth-order valence-corrected chi connectivity index (χ4v) is 5.33. The Bertz CT molecular complexity index is 1110. The van der Waals surface area contributed by atoms with Crippen LogP contribution in [0.25, 0.3) is 10.1 Å². The fraction of sp³-hybridized carbons (Fsp3) is 0.250. The Labute approximate surface area is 173 Å². The zero-order valence-electron chi connectivity index (χ0n) is 15.5. The number of halogens is 1. The molecule has 0 unspecified atom stereocenters. The van der Waals surface area contributed by atoms with Crippen molar-refractivity contribution in [3.8, 4) is 0 Å². The van der Waals surface area contributed by atoms with Crippen LogP contribution in [0.3, 0.4) is 0 Å². The monoisotopic (exact) mass is 436 g/mol. The number of carbonyl (C=O) groups excluding carboxylic acids is 1. The van der Waals surface area contributed by atoms with E-state index < -0.39 is 15.9 Å². The molecule has 0 spiro atoms. The molecular weight excluding hydrogens is 416 g/mol. The summed E-state index contributed by atoms with van der Waals surface area (Å²) in [4.78, 5) is 12.6. The normalized spacial score (nSPS) is 11.9. The maximum atomic E-state index is 12.6. The van der Waals surface area contributed by atoms with E-state index in [4.69, 9.17) is 11.6 Å². The van der Waals surface area contributed by atoms with Gasteiger partial charge < -0.3 is 5.32 Å². The smallest absolute Gasteiger partial charge is 0.252 e. The molecule has 8 heteroatoms. The standard InChI is InChI=1S/C20H21ClN2O3S2/c1-13(2)23-28(25,26)15-7-8-18(21)17(11-15)20(24)22-10-9-14-12-27-19-6-4-3-5-16(14)19/h3-8,11-13,23H,9-10H2,1-2H3,(H,22,24). The molecular formula is C20H21ClN2O3S2. The molecule has 3 rings (SSSR count). The Morgan fingerprint density at radius 1 is 1.18 bits per heavy atom. The second-order valence-electron chi connectivity index (χ2n) is 6.68. The highest BCUT2D eigenvalue weighted by Gasteiger charge is 2.19. The van der Waals surface area contributed by atoms with Crippen molar-refractivity contribution in [3.05, 3.63) is 64.0 Å². The van der Waals surface area contributed by atoms with E-state index in [0.717, 1.165) is 0 Å². The van der Waals surface area contributed by atoms with Gasteiger partial charge in [0.05, 0.1) is 15.5 Å². The summed E-state index contributed by atoms with van der Waals surface area (Å²) in [5.74, 6) is -0.397. The topological polar surface area (TPSA) is 75.3 Å². The highest BCUT2D eigenvalue weighted by molar-refractivity contribution is 7.89. The van der Waals surface area contributed by atoms with Gasteiger partial charge in [0.25, 0.3) is 5.91 Å². The van der Waals surface area contributed by atoms with Crippen LogP contribution in [0.1, 0.15) is 29.8 Å². The van der Waals surface area contributed by atoms with Crippen LogP contribution in [-0.2, 0) is 16.4 Å². The van der Waals surface area contributed by atoms with Gasteiger partial charge in [-0.3, -0.25) is 4.79 Å². The Morgan fingerprint density at radius 3 is 2.68 bits per heavy atom. The summed E-state index contributed by atoms with van der Waals surface area (Å²) >= 11 is 7.80. The van der Waals surface area contributed by atoms with Crippen molar-refractivity contribution in [1.82, 2.24) is 10.0 Å². The number of rotatable bonds is 7. The first kappa shape index (κ1) is 20.8. The lowest BCUT2D eigenvalue weighted by Crippen LogP contribution is -2.31. The van der Waals surface area contributed by atoms with Crippen LogP contribution in [0, 0.1) is 0 Å². The van der Waals surface area contributed by atoms with E-state index in [1.54, 1.807) is 25.2 Å². The highest BCUT2D eigenvalue weighted by Crippen LogP contribution is 2.26. The van der Waals surface area contributed by atoms with Crippen LogP contribution >= 0.6 is 22.9 Å². The van der Waals surface area contributed by atoms with Gasteiger partial charge >= 0.3 is 0 Å². The quantitative estimate of drug-likeness (QED) is 0.582. The van der Waals surface area contributed by atoms with Crippen molar-refractivity contribution in [3.63, 3.8) is 0 Å². The van der Waals surface area contributed by atoms with Crippen LogP contribution in [-0.4, -0.2) is 26.9 Å². The van der Waals surface area contributed by atoms with Gasteiger partial charge in [0.2, 0.25) is 10.0 Å². The number of sulfonamides is 1. The van der Waals surface area contributed by atoms with E-state index in [-0.39, 0.29) is 21.5 Å². The lowest BCUT2D eigenvalue weighted by Gasteiger charge is -2.12. The molecule has 2 aromatic carbocycles. The molecule has 1 aromatic heterocycles. The minimum absolute atomic E-state index is 0.0135. The maximum Gasteiger partial charge on any atom is 0.252 e. The summed E-state index contributed by atoms with van der Waals surface area (Å²) < 4.78 is 28.4. The van der Waals surface area contributed by atoms with Gasteiger partial charge in [0.1, 0.15) is 0 Å². The Kier molecular flexibility index (Phi) is 6.40. The molecule has 1 heterocycles. The van der Waals surface area contributed by atoms with Gasteiger partial charge in [-0.1, -0.05) is 29.8 Å². The average Bonchev–Trinajstić information content (AvgIpc) is 3.04. The Balaban J connectivity index is 1.71. The van der Waals surface area contributed by atoms with Crippen LogP contribution in [0.15, 0.2) is 52.7 Å². The zero-order valence-corrected chi connectivity index (χ0v) is 17.9. The SMILES string of the molecule is CC(C)NS(=O)(=O)c1ccc(Cl)c(C(=O)NCCc2csc3ccccc23)c1. The third-order valence-electron chi connectivity index (χ3n) is 4.12. The molecule has 1 amide bonds. The lowest BCUT2D eigenvalue weighted by atomic mass is 10.1. The maximum absolute atomic E-state index is 12.6. The number of nitrogens with one attached hydrogen (secondary N) is 2. The summed E-state index contributed by atoms with van der Waals surface area (Å²) in [6, 6.07) is 12.0. The first-order valence-corrected chi connectivity index (χ1v) is 11.6. The highest BCUT2D eigenvalue weighted by atomic mass is 35.5. The first-order valence-electron chi connectivity index (χ1n) is 8.83. The average molecular weight is 437 g/mol. The molecule has 0 fully saturated rings. The van der Waals surface area contributed by atoms with Gasteiger partial charge in [0, 0.05) is 17.3 Å². The summed E-state index contributed by atoms with van der Waals surface area (Å²) in [5, 5.41) is 6.32. The van der Waals surface area contributed by atoms with Crippen molar-refractivity contribution >= 4 is 49.0 Å². The molecule has 28 heavy (non-hydrogen) atoms. The van der Waals surface area contributed by atoms with Crippen LogP contribution in [0.5, 0.6) is 0 Å². The molecule has 0 aliphatic rings. The molecule has 2 N–H and O–H groups in total. The van der Waals surface area contributed by atoms with Gasteiger partial charge in [-0.2, -0.15) is 0 Å². The van der Waals surface area contributed by atoms with E-state index in [0.29, 0.717) is 13.0 Å². The van der Waals surface area contributed by atoms with E-state index in [1.165, 1.54) is 33.8 Å². The lowest BCUT2D eigenvalue weighted by molar-refractivity contribution is 0.0954. The van der Waals surface area contributed by atoms with E-state index in [1.807, 2.05) is 12.1 Å². The fourth-order valence-electron chi connectivity index (χ4n) is 2.86. The van der Waals surface area contributed by atoms with Crippen molar-refractivity contribution in [2.75, 3.05) is 6.54 Å². The molecule has 0 aliphatic carbocycles. The predicted octanol–water partition coefficient (Wildman–Crippen LogP) is 4.21. The molecule has 0 aliphatic heterocycles. The second-order valence-corrected chi connectivity index (χ2v) is 9.71. The predicted molar refractivity (Wildman–Crippen MR) is 115 cm³/mol. The van der Waals surface area contributed by atoms with Crippen LogP contribution in [0.4, 0.5) is 0 Å². The molecule has 0 saturated heterocycles. The molecule has 0 atom stereocenters. The largest absolute Gasteiger partial charge is 0.352 e. The number of carbonyl (C=O) groups is 1. The van der Waals surface area contributed by atoms with Crippen LogP contribution < -0.4 is 10.0 Å². The third-order valence-corrected chi connectivity index (χ3v) is 7.12. The number of thiophene rings is 1. The summed E-state index contributed by atoms with van der Waals surface area (Å²) in [5.41, 5.74) is 1.31. The number of benzene rings is 2. The minimum atomic E-state index is -3.70. The molecule has 0 radical (unpaired) electrons. The van der Waals surface area contributed by atoms with Crippen molar-refractivity contribution < 1.29 is 13.2 Å². The molecule has 3 aromatic rings. The van der Waals surface area contributed by atoms with E-state index >= 15 is 0 Å². The zero-order chi connectivity index (χ0) is 20.3. The van der Waals surface area contributed by atoms with Gasteiger partial charge in [-0.15, -0.1) is 11.3 Å². The number of fused-ring (bicyclic) bond motifs is 1. The molecule has 0 bridgehead atoms. The number of hydrogen-bond donors (Lipinski definition) is 2. The minimum Gasteiger partial charge on any atom is -0.352 e. The van der Waals surface area contributed by atoms with Gasteiger partial charge in [0.15, 0.2) is 0 Å². The van der Waals surface area contributed by atoms with E-state index in [9.17, 15) is 13.2 Å². The van der Waals surface area contributed by atoms with Gasteiger partial charge in [-0.05, 0) is 60.9 Å². The number of amides is 1. The molecule has 148 valence electrons.